The average molecular weight is 434 g/mol. The largest absolute Gasteiger partial charge is 1.00 e. The van der Waals surface area contributed by atoms with Crippen LogP contribution in [0.1, 0.15) is 17.8 Å². The van der Waals surface area contributed by atoms with Crippen molar-refractivity contribution in [1.82, 2.24) is 4.57 Å². The molecule has 0 saturated carbocycles. The SMILES string of the molecule is Brc1ccc(C[n+]2cc(-c3ccccc3)n3c2CCC3)cc1.[Br-]. The summed E-state index contributed by atoms with van der Waals surface area (Å²) in [6.07, 6.45) is 4.73. The fourth-order valence-electron chi connectivity index (χ4n) is 3.27. The highest BCUT2D eigenvalue weighted by atomic mass is 79.9. The molecule has 0 fully saturated rings. The maximum atomic E-state index is 3.50. The van der Waals surface area contributed by atoms with Crippen molar-refractivity contribution in [2.24, 2.45) is 0 Å². The van der Waals surface area contributed by atoms with Crippen LogP contribution >= 0.6 is 15.9 Å². The van der Waals surface area contributed by atoms with Crippen molar-refractivity contribution in [2.75, 3.05) is 0 Å². The van der Waals surface area contributed by atoms with Gasteiger partial charge in [-0.15, -0.1) is 0 Å². The van der Waals surface area contributed by atoms with E-state index in [2.05, 4.69) is 85.9 Å². The maximum absolute atomic E-state index is 3.50. The maximum Gasteiger partial charge on any atom is 0.257 e. The van der Waals surface area contributed by atoms with E-state index in [1.807, 2.05) is 0 Å². The summed E-state index contributed by atoms with van der Waals surface area (Å²) < 4.78 is 6.03. The summed E-state index contributed by atoms with van der Waals surface area (Å²) >= 11 is 3.50. The number of fused-ring (bicyclic) bond motifs is 1. The van der Waals surface area contributed by atoms with E-state index in [1.54, 1.807) is 0 Å². The van der Waals surface area contributed by atoms with Crippen molar-refractivity contribution >= 4 is 15.9 Å². The molecule has 2 heterocycles. The van der Waals surface area contributed by atoms with Gasteiger partial charge in [0, 0.05) is 10.0 Å². The molecule has 2 aromatic carbocycles. The highest BCUT2D eigenvalue weighted by Gasteiger charge is 2.28. The lowest BCUT2D eigenvalue weighted by Crippen LogP contribution is -3.00. The van der Waals surface area contributed by atoms with Gasteiger partial charge in [-0.05, 0) is 24.1 Å². The highest BCUT2D eigenvalue weighted by Crippen LogP contribution is 2.24. The van der Waals surface area contributed by atoms with Crippen molar-refractivity contribution in [3.63, 3.8) is 0 Å². The zero-order valence-electron chi connectivity index (χ0n) is 12.8. The van der Waals surface area contributed by atoms with E-state index in [4.69, 9.17) is 0 Å². The van der Waals surface area contributed by atoms with Gasteiger partial charge in [0.1, 0.15) is 12.7 Å². The number of nitrogens with zero attached hydrogens (tertiary/aromatic N) is 2. The molecule has 0 aliphatic carbocycles. The minimum Gasteiger partial charge on any atom is -1.00 e. The lowest BCUT2D eigenvalue weighted by Gasteiger charge is -2.00. The van der Waals surface area contributed by atoms with Gasteiger partial charge < -0.3 is 17.0 Å². The molecule has 0 N–H and O–H groups in total. The first kappa shape index (κ1) is 16.5. The van der Waals surface area contributed by atoms with E-state index in [-0.39, 0.29) is 17.0 Å². The van der Waals surface area contributed by atoms with E-state index in [0.29, 0.717) is 0 Å². The van der Waals surface area contributed by atoms with Gasteiger partial charge in [0.2, 0.25) is 0 Å². The Balaban J connectivity index is 0.00000156. The molecular formula is C19H18Br2N2. The number of aromatic nitrogens is 2. The lowest BCUT2D eigenvalue weighted by atomic mass is 10.1. The minimum absolute atomic E-state index is 0. The second-order valence-electron chi connectivity index (χ2n) is 5.81. The summed E-state index contributed by atoms with van der Waals surface area (Å²) in [5.41, 5.74) is 3.98. The van der Waals surface area contributed by atoms with Gasteiger partial charge in [-0.2, -0.15) is 0 Å². The molecule has 3 aromatic rings. The van der Waals surface area contributed by atoms with E-state index >= 15 is 0 Å². The smallest absolute Gasteiger partial charge is 0.257 e. The minimum atomic E-state index is 0. The van der Waals surface area contributed by atoms with Crippen LogP contribution in [0.3, 0.4) is 0 Å². The number of benzene rings is 2. The van der Waals surface area contributed by atoms with Crippen LogP contribution in [0.25, 0.3) is 11.3 Å². The van der Waals surface area contributed by atoms with Crippen molar-refractivity contribution in [2.45, 2.75) is 25.9 Å². The Labute approximate surface area is 155 Å². The van der Waals surface area contributed by atoms with Gasteiger partial charge >= 0.3 is 0 Å². The summed E-state index contributed by atoms with van der Waals surface area (Å²) in [4.78, 5) is 0. The lowest BCUT2D eigenvalue weighted by molar-refractivity contribution is -0.694. The molecule has 0 spiro atoms. The van der Waals surface area contributed by atoms with Gasteiger partial charge in [0.25, 0.3) is 5.82 Å². The Bertz CT molecular complexity index is 792. The van der Waals surface area contributed by atoms with Crippen molar-refractivity contribution in [3.8, 4) is 11.3 Å². The van der Waals surface area contributed by atoms with Gasteiger partial charge in [-0.1, -0.05) is 58.4 Å². The Hall–Kier alpha value is -1.39. The third-order valence-corrected chi connectivity index (χ3v) is 4.86. The topological polar surface area (TPSA) is 8.81 Å². The molecule has 118 valence electrons. The predicted molar refractivity (Wildman–Crippen MR) is 91.6 cm³/mol. The number of rotatable bonds is 3. The van der Waals surface area contributed by atoms with Gasteiger partial charge in [-0.25, -0.2) is 9.13 Å². The van der Waals surface area contributed by atoms with E-state index in [1.165, 1.54) is 35.5 Å². The highest BCUT2D eigenvalue weighted by molar-refractivity contribution is 9.10. The monoisotopic (exact) mass is 432 g/mol. The summed E-state index contributed by atoms with van der Waals surface area (Å²) in [6.45, 7) is 2.07. The Kier molecular flexibility index (Phi) is 5.02. The molecule has 0 bridgehead atoms. The van der Waals surface area contributed by atoms with Gasteiger partial charge in [-0.3, -0.25) is 0 Å². The molecule has 23 heavy (non-hydrogen) atoms. The van der Waals surface area contributed by atoms with Crippen LogP contribution in [0.2, 0.25) is 0 Å². The fraction of sp³-hybridized carbons (Fsp3) is 0.211. The van der Waals surface area contributed by atoms with Crippen LogP contribution in [0, 0.1) is 0 Å². The Morgan fingerprint density at radius 2 is 1.74 bits per heavy atom. The molecule has 1 aliphatic rings. The van der Waals surface area contributed by atoms with E-state index in [9.17, 15) is 0 Å². The van der Waals surface area contributed by atoms with Crippen LogP contribution in [-0.4, -0.2) is 4.57 Å². The quantitative estimate of drug-likeness (QED) is 0.549. The zero-order chi connectivity index (χ0) is 14.9. The summed E-state index contributed by atoms with van der Waals surface area (Å²) in [5.74, 6) is 1.45. The average Bonchev–Trinajstić information content (AvgIpc) is 3.14. The van der Waals surface area contributed by atoms with Crippen LogP contribution in [0.4, 0.5) is 0 Å². The first-order valence-corrected chi connectivity index (χ1v) is 8.52. The molecule has 0 atom stereocenters. The zero-order valence-corrected chi connectivity index (χ0v) is 15.9. The number of halogens is 2. The molecule has 0 radical (unpaired) electrons. The first-order chi connectivity index (χ1) is 10.8. The Morgan fingerprint density at radius 3 is 2.48 bits per heavy atom. The standard InChI is InChI=1S/C19H18BrN2.BrH/c20-17-10-8-15(9-11-17)13-21-14-18(16-5-2-1-3-6-16)22-12-4-7-19(21)22;/h1-3,5-6,8-11,14H,4,7,12-13H2;1H/q+1;/p-1. The molecule has 2 nitrogen and oxygen atoms in total. The van der Waals surface area contributed by atoms with Crippen molar-refractivity contribution < 1.29 is 21.5 Å². The predicted octanol–water partition coefficient (Wildman–Crippen LogP) is 1.20. The molecular weight excluding hydrogens is 416 g/mol. The molecule has 4 rings (SSSR count). The summed E-state index contributed by atoms with van der Waals surface area (Å²) in [7, 11) is 0. The van der Waals surface area contributed by atoms with E-state index in [0.717, 1.165) is 17.6 Å². The van der Waals surface area contributed by atoms with Crippen LogP contribution in [0.5, 0.6) is 0 Å². The molecule has 0 unspecified atom stereocenters. The van der Waals surface area contributed by atoms with Crippen LogP contribution < -0.4 is 21.5 Å². The summed E-state index contributed by atoms with van der Waals surface area (Å²) in [6, 6.07) is 19.3. The molecule has 4 heteroatoms. The second-order valence-corrected chi connectivity index (χ2v) is 6.72. The second kappa shape index (κ2) is 7.02. The normalized spacial score (nSPS) is 12.7. The Morgan fingerprint density at radius 1 is 1.00 bits per heavy atom. The van der Waals surface area contributed by atoms with Gasteiger partial charge in [0.05, 0.1) is 13.0 Å². The van der Waals surface area contributed by atoms with Gasteiger partial charge in [0.15, 0.2) is 5.69 Å². The van der Waals surface area contributed by atoms with Crippen molar-refractivity contribution in [3.05, 3.63) is 76.7 Å². The van der Waals surface area contributed by atoms with Crippen LogP contribution in [0.15, 0.2) is 65.3 Å². The molecule has 1 aromatic heterocycles. The first-order valence-electron chi connectivity index (χ1n) is 7.73. The number of hydrogen-bond acceptors (Lipinski definition) is 0. The molecule has 1 aliphatic heterocycles. The molecule has 0 amide bonds. The van der Waals surface area contributed by atoms with Crippen molar-refractivity contribution in [1.29, 1.82) is 0 Å². The molecule has 0 saturated heterocycles. The summed E-state index contributed by atoms with van der Waals surface area (Å²) in [5, 5.41) is 0. The third kappa shape index (κ3) is 3.29. The fourth-order valence-corrected chi connectivity index (χ4v) is 3.54. The number of imidazole rings is 1. The van der Waals surface area contributed by atoms with Crippen LogP contribution in [-0.2, 0) is 19.5 Å². The number of hydrogen-bond donors (Lipinski definition) is 0. The third-order valence-electron chi connectivity index (χ3n) is 4.33. The van der Waals surface area contributed by atoms with E-state index < -0.39 is 0 Å².